The van der Waals surface area contributed by atoms with Crippen LogP contribution < -0.4 is 5.32 Å². The summed E-state index contributed by atoms with van der Waals surface area (Å²) in [7, 11) is 0. The van der Waals surface area contributed by atoms with Crippen LogP contribution >= 0.6 is 11.6 Å². The Morgan fingerprint density at radius 2 is 1.95 bits per heavy atom. The van der Waals surface area contributed by atoms with E-state index in [2.05, 4.69) is 10.3 Å². The lowest BCUT2D eigenvalue weighted by molar-refractivity contribution is -0.111. The third-order valence-corrected chi connectivity index (χ3v) is 3.41. The van der Waals surface area contributed by atoms with Gasteiger partial charge in [-0.05, 0) is 48.0 Å². The lowest BCUT2D eigenvalue weighted by Crippen LogP contribution is -2.08. The van der Waals surface area contributed by atoms with E-state index in [9.17, 15) is 4.79 Å². The summed E-state index contributed by atoms with van der Waals surface area (Å²) in [5, 5.41) is 4.42. The van der Waals surface area contributed by atoms with E-state index in [0.29, 0.717) is 5.02 Å². The van der Waals surface area contributed by atoms with Gasteiger partial charge in [-0.25, -0.2) is 0 Å². The molecule has 3 rings (SSSR count). The highest BCUT2D eigenvalue weighted by Crippen LogP contribution is 2.21. The number of nitrogens with one attached hydrogen (secondary N) is 1. The molecule has 22 heavy (non-hydrogen) atoms. The molecule has 0 atom stereocenters. The summed E-state index contributed by atoms with van der Waals surface area (Å²) in [6, 6.07) is 16.7. The number of carbonyl (C=O) groups excluding carboxylic acids is 1. The van der Waals surface area contributed by atoms with Gasteiger partial charge in [0.2, 0.25) is 5.91 Å². The van der Waals surface area contributed by atoms with Crippen LogP contribution in [0.2, 0.25) is 5.02 Å². The van der Waals surface area contributed by atoms with Crippen LogP contribution in [0.3, 0.4) is 0 Å². The number of hydrogen-bond acceptors (Lipinski definition) is 2. The molecule has 3 aromatic rings. The number of halogens is 1. The Kier molecular flexibility index (Phi) is 4.17. The molecule has 108 valence electrons. The van der Waals surface area contributed by atoms with Gasteiger partial charge in [0.25, 0.3) is 0 Å². The predicted molar refractivity (Wildman–Crippen MR) is 90.9 cm³/mol. The molecule has 0 fully saturated rings. The highest BCUT2D eigenvalue weighted by Gasteiger charge is 2.03. The van der Waals surface area contributed by atoms with Crippen LogP contribution in [-0.4, -0.2) is 10.9 Å². The zero-order valence-corrected chi connectivity index (χ0v) is 12.4. The summed E-state index contributed by atoms with van der Waals surface area (Å²) in [6.45, 7) is 0. The maximum absolute atomic E-state index is 12.1. The molecule has 0 saturated carbocycles. The molecule has 0 radical (unpaired) electrons. The van der Waals surface area contributed by atoms with Crippen molar-refractivity contribution in [1.82, 2.24) is 4.98 Å². The molecule has 1 N–H and O–H groups in total. The number of amides is 1. The predicted octanol–water partition coefficient (Wildman–Crippen LogP) is 4.54. The quantitative estimate of drug-likeness (QED) is 0.722. The van der Waals surface area contributed by atoms with Crippen molar-refractivity contribution in [2.45, 2.75) is 0 Å². The molecule has 0 saturated heterocycles. The molecule has 1 aromatic heterocycles. The highest BCUT2D eigenvalue weighted by atomic mass is 35.5. The minimum Gasteiger partial charge on any atom is -0.322 e. The van der Waals surface area contributed by atoms with Crippen molar-refractivity contribution in [1.29, 1.82) is 0 Å². The highest BCUT2D eigenvalue weighted by molar-refractivity contribution is 6.30. The molecule has 4 heteroatoms. The summed E-state index contributed by atoms with van der Waals surface area (Å²) < 4.78 is 0. The van der Waals surface area contributed by atoms with E-state index in [4.69, 9.17) is 11.6 Å². The monoisotopic (exact) mass is 308 g/mol. The second kappa shape index (κ2) is 6.41. The first-order valence-corrected chi connectivity index (χ1v) is 7.18. The van der Waals surface area contributed by atoms with Crippen LogP contribution in [0, 0.1) is 0 Å². The summed E-state index contributed by atoms with van der Waals surface area (Å²) >= 11 is 5.91. The van der Waals surface area contributed by atoms with Crippen molar-refractivity contribution in [3.63, 3.8) is 0 Å². The fourth-order valence-corrected chi connectivity index (χ4v) is 2.37. The summed E-state index contributed by atoms with van der Waals surface area (Å²) in [6.07, 6.45) is 4.94. The van der Waals surface area contributed by atoms with Crippen LogP contribution in [0.25, 0.3) is 17.0 Å². The molecule has 0 aliphatic rings. The Morgan fingerprint density at radius 1 is 1.09 bits per heavy atom. The summed E-state index contributed by atoms with van der Waals surface area (Å²) in [5.41, 5.74) is 2.47. The van der Waals surface area contributed by atoms with Crippen molar-refractivity contribution in [3.05, 3.63) is 77.5 Å². The molecule has 1 heterocycles. The fourth-order valence-electron chi connectivity index (χ4n) is 2.17. The van der Waals surface area contributed by atoms with Gasteiger partial charge in [-0.2, -0.15) is 0 Å². The molecule has 1 amide bonds. The van der Waals surface area contributed by atoms with Gasteiger partial charge in [0.05, 0.1) is 11.2 Å². The average molecular weight is 309 g/mol. The van der Waals surface area contributed by atoms with Gasteiger partial charge in [0.15, 0.2) is 0 Å². The van der Waals surface area contributed by atoms with Crippen LogP contribution in [0.15, 0.2) is 66.9 Å². The van der Waals surface area contributed by atoms with Crippen LogP contribution in [0.1, 0.15) is 5.56 Å². The lowest BCUT2D eigenvalue weighted by atomic mass is 10.1. The van der Waals surface area contributed by atoms with Crippen molar-refractivity contribution >= 4 is 40.2 Å². The topological polar surface area (TPSA) is 42.0 Å². The molecule has 0 aliphatic carbocycles. The number of fused-ring (bicyclic) bond motifs is 1. The number of anilines is 1. The van der Waals surface area contributed by atoms with Gasteiger partial charge in [-0.15, -0.1) is 0 Å². The van der Waals surface area contributed by atoms with Gasteiger partial charge < -0.3 is 5.32 Å². The van der Waals surface area contributed by atoms with Crippen LogP contribution in [0.4, 0.5) is 5.69 Å². The number of hydrogen-bond donors (Lipinski definition) is 1. The average Bonchev–Trinajstić information content (AvgIpc) is 2.53. The molecule has 3 nitrogen and oxygen atoms in total. The molecular formula is C18H13ClN2O. The molecule has 0 bridgehead atoms. The largest absolute Gasteiger partial charge is 0.322 e. The number of nitrogens with zero attached hydrogens (tertiary/aromatic N) is 1. The Balaban J connectivity index is 1.79. The zero-order chi connectivity index (χ0) is 15.4. The first-order valence-electron chi connectivity index (χ1n) is 6.81. The van der Waals surface area contributed by atoms with Crippen LogP contribution in [-0.2, 0) is 4.79 Å². The number of benzene rings is 2. The number of pyridine rings is 1. The van der Waals surface area contributed by atoms with Crippen molar-refractivity contribution < 1.29 is 4.79 Å². The first-order chi connectivity index (χ1) is 10.7. The Hall–Kier alpha value is -2.65. The Morgan fingerprint density at radius 3 is 2.82 bits per heavy atom. The van der Waals surface area contributed by atoms with E-state index in [1.54, 1.807) is 24.4 Å². The van der Waals surface area contributed by atoms with E-state index in [1.165, 1.54) is 6.08 Å². The van der Waals surface area contributed by atoms with Crippen molar-refractivity contribution in [2.24, 2.45) is 0 Å². The third kappa shape index (κ3) is 3.32. The second-order valence-corrected chi connectivity index (χ2v) is 5.19. The molecule has 2 aromatic carbocycles. The van der Waals surface area contributed by atoms with E-state index < -0.39 is 0 Å². The number of rotatable bonds is 3. The summed E-state index contributed by atoms with van der Waals surface area (Å²) in [4.78, 5) is 16.3. The van der Waals surface area contributed by atoms with Gasteiger partial charge in [0.1, 0.15) is 0 Å². The molecule has 0 aliphatic heterocycles. The smallest absolute Gasteiger partial charge is 0.248 e. The Labute approximate surface area is 133 Å². The number of aromatic nitrogens is 1. The first kappa shape index (κ1) is 14.3. The minimum atomic E-state index is -0.198. The maximum atomic E-state index is 12.1. The SMILES string of the molecule is O=C(C=Cc1cccc(Cl)c1)Nc1cccc2ncccc12. The van der Waals surface area contributed by atoms with Gasteiger partial charge in [-0.3, -0.25) is 9.78 Å². The number of carbonyl (C=O) groups is 1. The third-order valence-electron chi connectivity index (χ3n) is 3.18. The minimum absolute atomic E-state index is 0.198. The lowest BCUT2D eigenvalue weighted by Gasteiger charge is -2.06. The maximum Gasteiger partial charge on any atom is 0.248 e. The van der Waals surface area contributed by atoms with E-state index >= 15 is 0 Å². The normalized spacial score (nSPS) is 11.0. The zero-order valence-electron chi connectivity index (χ0n) is 11.7. The van der Waals surface area contributed by atoms with Crippen molar-refractivity contribution in [2.75, 3.05) is 5.32 Å². The summed E-state index contributed by atoms with van der Waals surface area (Å²) in [5.74, 6) is -0.198. The second-order valence-electron chi connectivity index (χ2n) is 4.75. The standard InChI is InChI=1S/C18H13ClN2O/c19-14-5-1-4-13(12-14)9-10-18(22)21-17-8-2-7-16-15(17)6-3-11-20-16/h1-12H,(H,21,22). The van der Waals surface area contributed by atoms with Crippen molar-refractivity contribution in [3.8, 4) is 0 Å². The van der Waals surface area contributed by atoms with E-state index in [1.807, 2.05) is 42.5 Å². The van der Waals surface area contributed by atoms with Gasteiger partial charge in [0, 0.05) is 22.7 Å². The molecule has 0 unspecified atom stereocenters. The van der Waals surface area contributed by atoms with E-state index in [-0.39, 0.29) is 5.91 Å². The Bertz CT molecular complexity index is 853. The van der Waals surface area contributed by atoms with Gasteiger partial charge >= 0.3 is 0 Å². The van der Waals surface area contributed by atoms with Crippen LogP contribution in [0.5, 0.6) is 0 Å². The van der Waals surface area contributed by atoms with E-state index in [0.717, 1.165) is 22.2 Å². The molecule has 0 spiro atoms. The molecular weight excluding hydrogens is 296 g/mol. The fraction of sp³-hybridized carbons (Fsp3) is 0. The van der Waals surface area contributed by atoms with Gasteiger partial charge in [-0.1, -0.05) is 29.8 Å².